The molecule has 2 heterocycles. The molecule has 0 bridgehead atoms. The van der Waals surface area contributed by atoms with Crippen LogP contribution < -0.4 is 11.2 Å². The number of rotatable bonds is 7. The Hall–Kier alpha value is -3.43. The van der Waals surface area contributed by atoms with E-state index in [-0.39, 0.29) is 18.3 Å². The number of thioether (sulfide) groups is 1. The van der Waals surface area contributed by atoms with E-state index in [0.29, 0.717) is 0 Å². The Kier molecular flexibility index (Phi) is 6.68. The average molecular weight is 503 g/mol. The molecule has 8 heteroatoms. The average Bonchev–Trinajstić information content (AvgIpc) is 3.20. The fourth-order valence-corrected chi connectivity index (χ4v) is 6.17. The molecule has 1 aliphatic heterocycles. The monoisotopic (exact) mass is 502 g/mol. The third kappa shape index (κ3) is 4.33. The molecule has 3 N–H and O–H groups in total. The van der Waals surface area contributed by atoms with E-state index in [2.05, 4.69) is 4.98 Å². The Morgan fingerprint density at radius 1 is 0.889 bits per heavy atom. The lowest BCUT2D eigenvalue weighted by Gasteiger charge is -2.36. The van der Waals surface area contributed by atoms with Crippen LogP contribution in [0.5, 0.6) is 0 Å². The predicted octanol–water partition coefficient (Wildman–Crippen LogP) is 3.01. The highest BCUT2D eigenvalue weighted by atomic mass is 32.2. The van der Waals surface area contributed by atoms with Gasteiger partial charge >= 0.3 is 5.69 Å². The molecule has 3 aromatic carbocycles. The van der Waals surface area contributed by atoms with Gasteiger partial charge in [0, 0.05) is 17.5 Å². The summed E-state index contributed by atoms with van der Waals surface area (Å²) in [6, 6.07) is 30.9. The first kappa shape index (κ1) is 24.3. The largest absolute Gasteiger partial charge is 0.387 e. The van der Waals surface area contributed by atoms with Crippen molar-refractivity contribution in [3.63, 3.8) is 0 Å². The number of benzene rings is 3. The van der Waals surface area contributed by atoms with Crippen LogP contribution in [0.1, 0.15) is 23.1 Å². The molecule has 1 aliphatic rings. The Morgan fingerprint density at radius 2 is 1.39 bits per heavy atom. The molecule has 0 spiro atoms. The first-order chi connectivity index (χ1) is 17.4. The lowest BCUT2D eigenvalue weighted by Crippen LogP contribution is -2.46. The zero-order chi connectivity index (χ0) is 25.2. The van der Waals surface area contributed by atoms with Gasteiger partial charge < -0.3 is 14.9 Å². The molecule has 0 aliphatic carbocycles. The van der Waals surface area contributed by atoms with Crippen molar-refractivity contribution < 1.29 is 14.9 Å². The minimum Gasteiger partial charge on any atom is -0.387 e. The van der Waals surface area contributed by atoms with E-state index in [0.717, 1.165) is 39.1 Å². The maximum Gasteiger partial charge on any atom is 0.331 e. The summed E-state index contributed by atoms with van der Waals surface area (Å²) >= 11 is 1.04. The number of ether oxygens (including phenoxy) is 1. The van der Waals surface area contributed by atoms with Crippen LogP contribution in [0.25, 0.3) is 0 Å². The van der Waals surface area contributed by atoms with Crippen molar-refractivity contribution >= 4 is 11.8 Å². The third-order valence-corrected chi connectivity index (χ3v) is 7.93. The van der Waals surface area contributed by atoms with Gasteiger partial charge in [-0.15, -0.1) is 0 Å². The minimum absolute atomic E-state index is 0.181. The highest BCUT2D eigenvalue weighted by Gasteiger charge is 2.50. The number of aromatic nitrogens is 2. The zero-order valence-corrected chi connectivity index (χ0v) is 20.2. The first-order valence-electron chi connectivity index (χ1n) is 11.6. The molecular formula is C28H26N2O5S. The van der Waals surface area contributed by atoms with E-state index >= 15 is 0 Å². The van der Waals surface area contributed by atoms with Crippen molar-refractivity contribution in [1.82, 2.24) is 9.55 Å². The molecule has 184 valence electrons. The summed E-state index contributed by atoms with van der Waals surface area (Å²) in [6.07, 6.45) is 0.156. The van der Waals surface area contributed by atoms with Gasteiger partial charge in [0.25, 0.3) is 5.56 Å². The van der Waals surface area contributed by atoms with Crippen LogP contribution in [0.4, 0.5) is 0 Å². The smallest absolute Gasteiger partial charge is 0.331 e. The molecule has 1 fully saturated rings. The molecule has 7 nitrogen and oxygen atoms in total. The number of hydrogen-bond acceptors (Lipinski definition) is 6. The number of aliphatic hydroxyl groups is 2. The van der Waals surface area contributed by atoms with Crippen LogP contribution in [0.3, 0.4) is 0 Å². The molecule has 0 unspecified atom stereocenters. The van der Waals surface area contributed by atoms with Crippen molar-refractivity contribution in [2.75, 3.05) is 6.61 Å². The normalized spacial score (nSPS) is 21.9. The number of aromatic amines is 1. The standard InChI is InChI=1S/C28H26N2O5S/c31-24-18-23(36-28(24,34)30-17-16-25(32)29-26(30)33)19-35-27(20-10-4-1-5-11-20,21-12-6-2-7-13-21)22-14-8-3-9-15-22/h1-17,23-24,31,34H,18-19H2,(H,29,32,33)/t23-,24-,28-/m0/s1. The summed E-state index contributed by atoms with van der Waals surface area (Å²) in [6.45, 7) is 0.181. The van der Waals surface area contributed by atoms with Gasteiger partial charge in [0.1, 0.15) is 11.7 Å². The van der Waals surface area contributed by atoms with Gasteiger partial charge in [-0.2, -0.15) is 0 Å². The number of nitrogens with zero attached hydrogens (tertiary/aromatic N) is 1. The van der Waals surface area contributed by atoms with Gasteiger partial charge in [-0.3, -0.25) is 14.3 Å². The van der Waals surface area contributed by atoms with Crippen molar-refractivity contribution in [2.45, 2.75) is 28.4 Å². The van der Waals surface area contributed by atoms with Crippen molar-refractivity contribution in [3.05, 3.63) is 141 Å². The first-order valence-corrected chi connectivity index (χ1v) is 12.5. The number of H-pyrrole nitrogens is 1. The molecule has 1 saturated heterocycles. The van der Waals surface area contributed by atoms with Crippen LogP contribution in [-0.2, 0) is 15.4 Å². The summed E-state index contributed by atoms with van der Waals surface area (Å²) in [5.74, 6) is 0. The van der Waals surface area contributed by atoms with E-state index in [1.54, 1.807) is 0 Å². The number of hydrogen-bond donors (Lipinski definition) is 3. The maximum absolute atomic E-state index is 12.3. The molecule has 0 saturated carbocycles. The highest BCUT2D eigenvalue weighted by Crippen LogP contribution is 2.47. The Labute approximate surface area is 212 Å². The van der Waals surface area contributed by atoms with E-state index in [1.807, 2.05) is 91.0 Å². The van der Waals surface area contributed by atoms with E-state index in [9.17, 15) is 19.8 Å². The molecule has 4 aromatic rings. The van der Waals surface area contributed by atoms with Crippen LogP contribution in [0.15, 0.2) is 113 Å². The number of aliphatic hydroxyl groups excluding tert-OH is 1. The van der Waals surface area contributed by atoms with Crippen LogP contribution in [0, 0.1) is 0 Å². The minimum atomic E-state index is -1.93. The predicted molar refractivity (Wildman–Crippen MR) is 139 cm³/mol. The second-order valence-corrected chi connectivity index (χ2v) is 10.2. The molecule has 0 radical (unpaired) electrons. The third-order valence-electron chi connectivity index (χ3n) is 6.46. The SMILES string of the molecule is O=c1ccn([C@@]2(O)S[C@H](COC(c3ccccc3)(c3ccccc3)c3ccccc3)C[C@@H]2O)c(=O)[nH]1. The van der Waals surface area contributed by atoms with Crippen molar-refractivity contribution in [2.24, 2.45) is 0 Å². The Morgan fingerprint density at radius 3 is 1.86 bits per heavy atom. The molecule has 0 amide bonds. The van der Waals surface area contributed by atoms with Crippen LogP contribution in [0.2, 0.25) is 0 Å². The molecule has 5 rings (SSSR count). The topological polar surface area (TPSA) is 105 Å². The van der Waals surface area contributed by atoms with E-state index < -0.39 is 28.0 Å². The lowest BCUT2D eigenvalue weighted by atomic mass is 9.80. The van der Waals surface area contributed by atoms with Gasteiger partial charge in [0.2, 0.25) is 5.06 Å². The molecule has 36 heavy (non-hydrogen) atoms. The summed E-state index contributed by atoms with van der Waals surface area (Å²) in [5.41, 5.74) is 0.528. The molecular weight excluding hydrogens is 476 g/mol. The maximum atomic E-state index is 12.3. The van der Waals surface area contributed by atoms with Gasteiger partial charge in [-0.25, -0.2) is 4.79 Å². The Balaban J connectivity index is 1.52. The zero-order valence-electron chi connectivity index (χ0n) is 19.4. The van der Waals surface area contributed by atoms with Gasteiger partial charge in [-0.1, -0.05) is 103 Å². The lowest BCUT2D eigenvalue weighted by molar-refractivity contribution is -0.0582. The van der Waals surface area contributed by atoms with Crippen LogP contribution in [-0.4, -0.2) is 37.7 Å². The van der Waals surface area contributed by atoms with Crippen molar-refractivity contribution in [3.8, 4) is 0 Å². The summed E-state index contributed by atoms with van der Waals surface area (Å²) in [5, 5.41) is 19.8. The summed E-state index contributed by atoms with van der Waals surface area (Å²) in [4.78, 5) is 26.0. The van der Waals surface area contributed by atoms with Crippen LogP contribution >= 0.6 is 11.8 Å². The number of nitrogens with one attached hydrogen (secondary N) is 1. The van der Waals surface area contributed by atoms with E-state index in [4.69, 9.17) is 4.74 Å². The second-order valence-electron chi connectivity index (χ2n) is 8.72. The van der Waals surface area contributed by atoms with Gasteiger partial charge in [-0.05, 0) is 23.1 Å². The van der Waals surface area contributed by atoms with E-state index in [1.165, 1.54) is 6.20 Å². The second kappa shape index (κ2) is 9.91. The summed E-state index contributed by atoms with van der Waals surface area (Å²) in [7, 11) is 0. The fraction of sp³-hybridized carbons (Fsp3) is 0.214. The van der Waals surface area contributed by atoms with Crippen molar-refractivity contribution in [1.29, 1.82) is 0 Å². The molecule has 3 atom stereocenters. The highest BCUT2D eigenvalue weighted by molar-refractivity contribution is 8.00. The quantitative estimate of drug-likeness (QED) is 0.336. The summed E-state index contributed by atoms with van der Waals surface area (Å²) < 4.78 is 7.77. The Bertz CT molecular complexity index is 1330. The van der Waals surface area contributed by atoms with Gasteiger partial charge in [0.15, 0.2) is 0 Å². The van der Waals surface area contributed by atoms with Gasteiger partial charge in [0.05, 0.1) is 6.61 Å². The molecule has 1 aromatic heterocycles. The fourth-order valence-electron chi connectivity index (χ4n) is 4.75.